The lowest BCUT2D eigenvalue weighted by Crippen LogP contribution is -2.47. The molecular formula is C33H34O10S2. The molecule has 0 amide bonds. The maximum atomic E-state index is 13.6. The summed E-state index contributed by atoms with van der Waals surface area (Å²) in [4.78, 5) is -0.168. The Hall–Kier alpha value is -3.46. The van der Waals surface area contributed by atoms with Gasteiger partial charge >= 0.3 is 0 Å². The molecule has 0 aromatic heterocycles. The van der Waals surface area contributed by atoms with Crippen molar-refractivity contribution in [1.82, 2.24) is 0 Å². The van der Waals surface area contributed by atoms with E-state index < -0.39 is 63.2 Å². The lowest BCUT2D eigenvalue weighted by atomic mass is 9.80. The summed E-state index contributed by atoms with van der Waals surface area (Å²) in [6.45, 7) is 1.28. The topological polar surface area (TPSA) is 146 Å². The van der Waals surface area contributed by atoms with E-state index in [0.29, 0.717) is 16.7 Å². The van der Waals surface area contributed by atoms with Crippen molar-refractivity contribution in [2.45, 2.75) is 48.1 Å². The molecule has 0 radical (unpaired) electrons. The summed E-state index contributed by atoms with van der Waals surface area (Å²) in [6.07, 6.45) is -7.87. The van der Waals surface area contributed by atoms with Gasteiger partial charge in [0.25, 0.3) is 20.2 Å². The van der Waals surface area contributed by atoms with Crippen LogP contribution in [-0.2, 0) is 43.7 Å². The highest BCUT2D eigenvalue weighted by atomic mass is 32.2. The van der Waals surface area contributed by atoms with Gasteiger partial charge in [-0.3, -0.25) is 8.37 Å². The standard InChI is InChI=1S/C33H34O10S2/c1-23-18-20-27(21-19-23)45(38,39)42-28(30-31(43-44(2,36)37)29(34)32(35)41-30)22-40-33(24-12-6-3-7-13-24,25-14-8-4-9-15-25)26-16-10-5-11-17-26/h3-21,28-32,34-35H,22H2,1-2H3/t28-,29-,30-,31+,32-/m1/s1. The van der Waals surface area contributed by atoms with Crippen LogP contribution >= 0.6 is 0 Å². The largest absolute Gasteiger partial charge is 0.385 e. The Kier molecular flexibility index (Phi) is 9.87. The van der Waals surface area contributed by atoms with Gasteiger partial charge in [0.1, 0.15) is 30.0 Å². The first-order valence-electron chi connectivity index (χ1n) is 14.1. The fourth-order valence-electron chi connectivity index (χ4n) is 5.36. The highest BCUT2D eigenvalue weighted by Crippen LogP contribution is 2.41. The summed E-state index contributed by atoms with van der Waals surface area (Å²) >= 11 is 0. The van der Waals surface area contributed by atoms with Crippen molar-refractivity contribution in [2.24, 2.45) is 0 Å². The van der Waals surface area contributed by atoms with Crippen LogP contribution in [0, 0.1) is 6.92 Å². The van der Waals surface area contributed by atoms with E-state index >= 15 is 0 Å². The zero-order chi connectivity index (χ0) is 32.2. The quantitative estimate of drug-likeness (QED) is 0.172. The van der Waals surface area contributed by atoms with Crippen molar-refractivity contribution in [1.29, 1.82) is 0 Å². The third-order valence-corrected chi connectivity index (χ3v) is 9.39. The molecule has 1 aliphatic heterocycles. The first-order valence-corrected chi connectivity index (χ1v) is 17.3. The van der Waals surface area contributed by atoms with Crippen LogP contribution in [0.25, 0.3) is 0 Å². The zero-order valence-electron chi connectivity index (χ0n) is 24.5. The Balaban J connectivity index is 1.63. The molecule has 0 spiro atoms. The van der Waals surface area contributed by atoms with Crippen LogP contribution in [0.3, 0.4) is 0 Å². The van der Waals surface area contributed by atoms with Crippen molar-refractivity contribution >= 4 is 20.2 Å². The van der Waals surface area contributed by atoms with Gasteiger partial charge in [-0.15, -0.1) is 0 Å². The molecule has 0 saturated carbocycles. The number of benzene rings is 4. The molecule has 4 aromatic rings. The van der Waals surface area contributed by atoms with E-state index in [1.807, 2.05) is 91.0 Å². The molecule has 0 unspecified atom stereocenters. The van der Waals surface area contributed by atoms with E-state index in [0.717, 1.165) is 11.8 Å². The highest BCUT2D eigenvalue weighted by molar-refractivity contribution is 7.86. The molecule has 238 valence electrons. The second-order valence-electron chi connectivity index (χ2n) is 10.7. The van der Waals surface area contributed by atoms with E-state index in [-0.39, 0.29) is 4.90 Å². The van der Waals surface area contributed by atoms with E-state index in [1.165, 1.54) is 12.1 Å². The van der Waals surface area contributed by atoms with Crippen molar-refractivity contribution in [3.8, 4) is 0 Å². The van der Waals surface area contributed by atoms with Gasteiger partial charge in [-0.1, -0.05) is 109 Å². The molecule has 5 rings (SSSR count). The average molecular weight is 655 g/mol. The van der Waals surface area contributed by atoms with Gasteiger partial charge in [0.2, 0.25) is 0 Å². The molecule has 10 nitrogen and oxygen atoms in total. The Morgan fingerprint density at radius 1 is 0.756 bits per heavy atom. The normalized spacial score (nSPS) is 21.4. The number of rotatable bonds is 12. The van der Waals surface area contributed by atoms with Crippen LogP contribution in [0.5, 0.6) is 0 Å². The molecule has 1 heterocycles. The fraction of sp³-hybridized carbons (Fsp3) is 0.273. The van der Waals surface area contributed by atoms with Crippen LogP contribution in [-0.4, -0.2) is 70.6 Å². The van der Waals surface area contributed by atoms with Crippen LogP contribution in [0.4, 0.5) is 0 Å². The molecule has 1 aliphatic rings. The SMILES string of the molecule is Cc1ccc(S(=O)(=O)O[C@H](COC(c2ccccc2)(c2ccccc2)c2ccccc2)[C@H]2O[C@@H](O)[C@H](O)[C@@H]2OS(C)(=O)=O)cc1. The lowest BCUT2D eigenvalue weighted by molar-refractivity contribution is -0.153. The molecule has 4 aromatic carbocycles. The van der Waals surface area contributed by atoms with E-state index in [1.54, 1.807) is 19.1 Å². The summed E-state index contributed by atoms with van der Waals surface area (Å²) in [5.41, 5.74) is 1.62. The second kappa shape index (κ2) is 13.5. The minimum absolute atomic E-state index is 0.168. The average Bonchev–Trinajstić information content (AvgIpc) is 3.30. The van der Waals surface area contributed by atoms with Gasteiger partial charge in [-0.25, -0.2) is 0 Å². The van der Waals surface area contributed by atoms with Gasteiger partial charge in [-0.2, -0.15) is 16.8 Å². The van der Waals surface area contributed by atoms with Crippen molar-refractivity contribution in [3.05, 3.63) is 138 Å². The molecule has 0 bridgehead atoms. The summed E-state index contributed by atoms with van der Waals surface area (Å²) in [5.74, 6) is 0. The smallest absolute Gasteiger partial charge is 0.297 e. The number of aryl methyl sites for hydroxylation is 1. The summed E-state index contributed by atoms with van der Waals surface area (Å²) in [6, 6.07) is 33.8. The Morgan fingerprint density at radius 3 is 1.67 bits per heavy atom. The summed E-state index contributed by atoms with van der Waals surface area (Å²) < 4.78 is 74.6. The maximum absolute atomic E-state index is 13.6. The van der Waals surface area contributed by atoms with Gasteiger partial charge in [0, 0.05) is 0 Å². The van der Waals surface area contributed by atoms with Crippen molar-refractivity contribution in [3.63, 3.8) is 0 Å². The molecule has 1 fully saturated rings. The van der Waals surface area contributed by atoms with Gasteiger partial charge in [0.15, 0.2) is 6.29 Å². The van der Waals surface area contributed by atoms with Crippen LogP contribution < -0.4 is 0 Å². The first-order chi connectivity index (χ1) is 21.4. The van der Waals surface area contributed by atoms with Crippen molar-refractivity contribution in [2.75, 3.05) is 12.9 Å². The Morgan fingerprint density at radius 2 is 1.22 bits per heavy atom. The van der Waals surface area contributed by atoms with Crippen LogP contribution in [0.15, 0.2) is 120 Å². The number of ether oxygens (including phenoxy) is 2. The van der Waals surface area contributed by atoms with Crippen LogP contribution in [0.2, 0.25) is 0 Å². The molecule has 5 atom stereocenters. The lowest BCUT2D eigenvalue weighted by Gasteiger charge is -2.38. The molecule has 45 heavy (non-hydrogen) atoms. The van der Waals surface area contributed by atoms with E-state index in [4.69, 9.17) is 17.8 Å². The van der Waals surface area contributed by atoms with Crippen LogP contribution in [0.1, 0.15) is 22.3 Å². The highest BCUT2D eigenvalue weighted by Gasteiger charge is 2.51. The summed E-state index contributed by atoms with van der Waals surface area (Å²) in [5, 5.41) is 21.0. The number of hydrogen-bond donors (Lipinski definition) is 2. The third-order valence-electron chi connectivity index (χ3n) is 7.47. The fourth-order valence-corrected chi connectivity index (χ4v) is 7.06. The Bertz CT molecular complexity index is 1670. The first kappa shape index (κ1) is 32.9. The minimum atomic E-state index is -4.51. The Labute approximate surface area is 263 Å². The maximum Gasteiger partial charge on any atom is 0.297 e. The predicted molar refractivity (Wildman–Crippen MR) is 165 cm³/mol. The molecule has 1 saturated heterocycles. The van der Waals surface area contributed by atoms with Crippen molar-refractivity contribution < 1.29 is 44.9 Å². The van der Waals surface area contributed by atoms with Gasteiger partial charge < -0.3 is 19.7 Å². The third kappa shape index (κ3) is 7.35. The molecule has 12 heteroatoms. The van der Waals surface area contributed by atoms with E-state index in [9.17, 15) is 27.0 Å². The minimum Gasteiger partial charge on any atom is -0.385 e. The molecule has 0 aliphatic carbocycles. The second-order valence-corrected chi connectivity index (χ2v) is 13.9. The molecule has 2 N–H and O–H groups in total. The molecular weight excluding hydrogens is 620 g/mol. The predicted octanol–water partition coefficient (Wildman–Crippen LogP) is 3.50. The summed E-state index contributed by atoms with van der Waals surface area (Å²) in [7, 11) is -8.71. The monoisotopic (exact) mass is 654 g/mol. The zero-order valence-corrected chi connectivity index (χ0v) is 26.2. The van der Waals surface area contributed by atoms with Gasteiger partial charge in [-0.05, 0) is 35.7 Å². The number of hydrogen-bond acceptors (Lipinski definition) is 10. The van der Waals surface area contributed by atoms with E-state index in [2.05, 4.69) is 0 Å². The number of aliphatic hydroxyl groups is 2. The van der Waals surface area contributed by atoms with Gasteiger partial charge in [0.05, 0.1) is 17.8 Å². The number of aliphatic hydroxyl groups excluding tert-OH is 2.